The van der Waals surface area contributed by atoms with Crippen molar-refractivity contribution in [1.29, 1.82) is 0 Å². The van der Waals surface area contributed by atoms with Gasteiger partial charge in [0.15, 0.2) is 0 Å². The molecule has 1 N–H and O–H groups in total. The summed E-state index contributed by atoms with van der Waals surface area (Å²) in [6.45, 7) is 2.69. The molecule has 0 spiro atoms. The first kappa shape index (κ1) is 14.1. The number of hydrogen-bond donors (Lipinski definition) is 1. The SMILES string of the molecule is Cc1ccc(NC(=O)O/N=C/c2ccc3c(c2)CCO3)cc1. The van der Waals surface area contributed by atoms with E-state index in [4.69, 9.17) is 9.57 Å². The molecular weight excluding hydrogens is 280 g/mol. The Morgan fingerprint density at radius 2 is 2.09 bits per heavy atom. The van der Waals surface area contributed by atoms with Crippen molar-refractivity contribution in [3.63, 3.8) is 0 Å². The minimum atomic E-state index is -0.621. The Morgan fingerprint density at radius 3 is 2.91 bits per heavy atom. The van der Waals surface area contributed by atoms with Gasteiger partial charge in [0, 0.05) is 12.1 Å². The highest BCUT2D eigenvalue weighted by Gasteiger charge is 2.11. The van der Waals surface area contributed by atoms with Gasteiger partial charge < -0.3 is 4.74 Å². The van der Waals surface area contributed by atoms with Crippen molar-refractivity contribution in [3.8, 4) is 5.75 Å². The second kappa shape index (κ2) is 6.30. The molecule has 2 aromatic carbocycles. The van der Waals surface area contributed by atoms with Crippen LogP contribution in [0.4, 0.5) is 10.5 Å². The Morgan fingerprint density at radius 1 is 1.27 bits per heavy atom. The Balaban J connectivity index is 1.55. The molecule has 3 rings (SSSR count). The second-order valence-corrected chi connectivity index (χ2v) is 5.07. The maximum absolute atomic E-state index is 11.6. The maximum Gasteiger partial charge on any atom is 0.437 e. The first-order valence-corrected chi connectivity index (χ1v) is 7.04. The summed E-state index contributed by atoms with van der Waals surface area (Å²) in [5.41, 5.74) is 3.80. The van der Waals surface area contributed by atoms with Crippen molar-refractivity contribution in [2.45, 2.75) is 13.3 Å². The normalized spacial score (nSPS) is 12.8. The van der Waals surface area contributed by atoms with Gasteiger partial charge in [-0.25, -0.2) is 4.79 Å². The fraction of sp³-hybridized carbons (Fsp3) is 0.176. The van der Waals surface area contributed by atoms with Crippen molar-refractivity contribution in [3.05, 3.63) is 59.2 Å². The predicted molar refractivity (Wildman–Crippen MR) is 84.5 cm³/mol. The van der Waals surface area contributed by atoms with E-state index in [2.05, 4.69) is 10.5 Å². The Kier molecular flexibility index (Phi) is 4.05. The van der Waals surface area contributed by atoms with Crippen molar-refractivity contribution in [1.82, 2.24) is 0 Å². The van der Waals surface area contributed by atoms with Crippen LogP contribution in [0.2, 0.25) is 0 Å². The summed E-state index contributed by atoms with van der Waals surface area (Å²) in [6, 6.07) is 13.2. The van der Waals surface area contributed by atoms with Crippen molar-refractivity contribution in [2.75, 3.05) is 11.9 Å². The zero-order chi connectivity index (χ0) is 15.4. The van der Waals surface area contributed by atoms with Crippen LogP contribution in [-0.4, -0.2) is 18.9 Å². The van der Waals surface area contributed by atoms with Crippen molar-refractivity contribution < 1.29 is 14.4 Å². The summed E-state index contributed by atoms with van der Waals surface area (Å²) in [6.07, 6.45) is 1.78. The van der Waals surface area contributed by atoms with Crippen molar-refractivity contribution in [2.24, 2.45) is 5.16 Å². The Hall–Kier alpha value is -2.82. The number of hydrogen-bond acceptors (Lipinski definition) is 4. The number of rotatable bonds is 3. The molecule has 5 nitrogen and oxygen atoms in total. The Bertz CT molecular complexity index is 708. The van der Waals surface area contributed by atoms with Gasteiger partial charge in [-0.2, -0.15) is 0 Å². The minimum absolute atomic E-state index is 0.621. The van der Waals surface area contributed by atoms with Gasteiger partial charge >= 0.3 is 6.09 Å². The van der Waals surface area contributed by atoms with Crippen LogP contribution in [0.1, 0.15) is 16.7 Å². The number of fused-ring (bicyclic) bond motifs is 1. The average Bonchev–Trinajstić information content (AvgIpc) is 2.97. The van der Waals surface area contributed by atoms with E-state index >= 15 is 0 Å². The second-order valence-electron chi connectivity index (χ2n) is 5.07. The third kappa shape index (κ3) is 3.44. The summed E-state index contributed by atoms with van der Waals surface area (Å²) in [7, 11) is 0. The van der Waals surface area contributed by atoms with E-state index in [1.54, 1.807) is 12.1 Å². The molecule has 0 aromatic heterocycles. The fourth-order valence-corrected chi connectivity index (χ4v) is 2.20. The monoisotopic (exact) mass is 296 g/mol. The van der Waals surface area contributed by atoms with Gasteiger partial charge in [0.2, 0.25) is 0 Å². The van der Waals surface area contributed by atoms with E-state index in [1.807, 2.05) is 37.3 Å². The highest BCUT2D eigenvalue weighted by atomic mass is 16.7. The van der Waals surface area contributed by atoms with E-state index in [0.29, 0.717) is 12.3 Å². The number of amides is 1. The highest BCUT2D eigenvalue weighted by Crippen LogP contribution is 2.25. The quantitative estimate of drug-likeness (QED) is 0.535. The van der Waals surface area contributed by atoms with Crippen molar-refractivity contribution >= 4 is 18.0 Å². The van der Waals surface area contributed by atoms with Gasteiger partial charge in [0.05, 0.1) is 12.8 Å². The number of nitrogens with zero attached hydrogens (tertiary/aromatic N) is 1. The van der Waals surface area contributed by atoms with E-state index < -0.39 is 6.09 Å². The first-order chi connectivity index (χ1) is 10.7. The van der Waals surface area contributed by atoms with Gasteiger partial charge in [-0.1, -0.05) is 22.9 Å². The van der Waals surface area contributed by atoms with E-state index in [0.717, 1.165) is 28.9 Å². The third-order valence-electron chi connectivity index (χ3n) is 3.35. The topological polar surface area (TPSA) is 59.9 Å². The smallest absolute Gasteiger partial charge is 0.437 e. The molecule has 1 aliphatic rings. The lowest BCUT2D eigenvalue weighted by Crippen LogP contribution is -2.10. The molecule has 2 aromatic rings. The average molecular weight is 296 g/mol. The standard InChI is InChI=1S/C17H16N2O3/c1-12-2-5-15(6-3-12)19-17(20)22-18-11-13-4-7-16-14(10-13)8-9-21-16/h2-7,10-11H,8-9H2,1H3,(H,19,20)/b18-11+. The summed E-state index contributed by atoms with van der Waals surface area (Å²) >= 11 is 0. The lowest BCUT2D eigenvalue weighted by molar-refractivity contribution is 0.167. The molecule has 5 heteroatoms. The fourth-order valence-electron chi connectivity index (χ4n) is 2.20. The molecular formula is C17H16N2O3. The number of aryl methyl sites for hydroxylation is 1. The van der Waals surface area contributed by atoms with Gasteiger partial charge in [-0.05, 0) is 48.4 Å². The molecule has 1 heterocycles. The van der Waals surface area contributed by atoms with Crippen LogP contribution in [0.15, 0.2) is 47.6 Å². The third-order valence-corrected chi connectivity index (χ3v) is 3.35. The molecule has 0 saturated heterocycles. The van der Waals surface area contributed by atoms with Crippen LogP contribution in [0.5, 0.6) is 5.75 Å². The first-order valence-electron chi connectivity index (χ1n) is 7.04. The van der Waals surface area contributed by atoms with Gasteiger partial charge in [-0.15, -0.1) is 0 Å². The molecule has 0 atom stereocenters. The molecule has 0 bridgehead atoms. The van der Waals surface area contributed by atoms with Gasteiger partial charge in [-0.3, -0.25) is 10.2 Å². The van der Waals surface area contributed by atoms with Gasteiger partial charge in [0.25, 0.3) is 0 Å². The van der Waals surface area contributed by atoms with E-state index in [9.17, 15) is 4.79 Å². The van der Waals surface area contributed by atoms with Crippen LogP contribution >= 0.6 is 0 Å². The largest absolute Gasteiger partial charge is 0.493 e. The number of nitrogens with one attached hydrogen (secondary N) is 1. The predicted octanol–water partition coefficient (Wildman–Crippen LogP) is 3.51. The zero-order valence-electron chi connectivity index (χ0n) is 12.2. The number of anilines is 1. The van der Waals surface area contributed by atoms with E-state index in [-0.39, 0.29) is 0 Å². The molecule has 22 heavy (non-hydrogen) atoms. The molecule has 1 aliphatic heterocycles. The van der Waals surface area contributed by atoms with E-state index in [1.165, 1.54) is 6.21 Å². The van der Waals surface area contributed by atoms with Crippen LogP contribution < -0.4 is 10.1 Å². The van der Waals surface area contributed by atoms with Crippen LogP contribution in [0.25, 0.3) is 0 Å². The summed E-state index contributed by atoms with van der Waals surface area (Å²) < 4.78 is 5.43. The summed E-state index contributed by atoms with van der Waals surface area (Å²) in [4.78, 5) is 16.4. The zero-order valence-corrected chi connectivity index (χ0v) is 12.2. The molecule has 0 unspecified atom stereocenters. The molecule has 1 amide bonds. The molecule has 0 saturated carbocycles. The lowest BCUT2D eigenvalue weighted by atomic mass is 10.1. The lowest BCUT2D eigenvalue weighted by Gasteiger charge is -2.03. The molecule has 0 aliphatic carbocycles. The summed E-state index contributed by atoms with van der Waals surface area (Å²) in [5, 5.41) is 6.31. The molecule has 0 fully saturated rings. The maximum atomic E-state index is 11.6. The number of carbonyl (C=O) groups excluding carboxylic acids is 1. The van der Waals surface area contributed by atoms with Crippen LogP contribution in [-0.2, 0) is 11.3 Å². The van der Waals surface area contributed by atoms with Crippen LogP contribution in [0, 0.1) is 6.92 Å². The summed E-state index contributed by atoms with van der Waals surface area (Å²) in [5.74, 6) is 0.912. The highest BCUT2D eigenvalue weighted by molar-refractivity contribution is 5.86. The number of carbonyl (C=O) groups is 1. The molecule has 112 valence electrons. The Labute approximate surface area is 128 Å². The minimum Gasteiger partial charge on any atom is -0.493 e. The number of benzene rings is 2. The van der Waals surface area contributed by atoms with Crippen LogP contribution in [0.3, 0.4) is 0 Å². The molecule has 0 radical (unpaired) electrons. The number of ether oxygens (including phenoxy) is 1. The number of oxime groups is 1. The van der Waals surface area contributed by atoms with Gasteiger partial charge in [0.1, 0.15) is 5.75 Å².